The predicted octanol–water partition coefficient (Wildman–Crippen LogP) is 3.17. The zero-order chi connectivity index (χ0) is 18.8. The number of hydrogen-bond donors (Lipinski definition) is 1. The Hall–Kier alpha value is -0.940. The number of likely N-dealkylation sites (tertiary alicyclic amines) is 1. The number of ether oxygens (including phenoxy) is 1. The molecule has 1 amide bonds. The van der Waals surface area contributed by atoms with Gasteiger partial charge < -0.3 is 10.1 Å². The van der Waals surface area contributed by atoms with Crippen LogP contribution in [0.3, 0.4) is 0 Å². The van der Waals surface area contributed by atoms with Crippen LogP contribution in [0.1, 0.15) is 72.6 Å². The highest BCUT2D eigenvalue weighted by Crippen LogP contribution is 2.17. The lowest BCUT2D eigenvalue weighted by Gasteiger charge is -2.19. The molecule has 0 spiro atoms. The molecule has 0 radical (unpaired) electrons. The maximum atomic E-state index is 12.1. The van der Waals surface area contributed by atoms with Gasteiger partial charge in [-0.05, 0) is 40.2 Å². The summed E-state index contributed by atoms with van der Waals surface area (Å²) in [6.45, 7) is 9.63. The largest absolute Gasteiger partial charge is 0.377 e. The van der Waals surface area contributed by atoms with E-state index >= 15 is 0 Å². The molecule has 1 aliphatic heterocycles. The van der Waals surface area contributed by atoms with E-state index in [0.717, 1.165) is 45.3 Å². The molecule has 146 valence electrons. The van der Waals surface area contributed by atoms with Gasteiger partial charge in [-0.1, -0.05) is 26.7 Å². The highest BCUT2D eigenvalue weighted by Gasteiger charge is 2.30. The van der Waals surface area contributed by atoms with E-state index in [9.17, 15) is 9.59 Å². The van der Waals surface area contributed by atoms with Gasteiger partial charge >= 0.3 is 0 Å². The Morgan fingerprint density at radius 3 is 2.32 bits per heavy atom. The summed E-state index contributed by atoms with van der Waals surface area (Å²) >= 11 is 0. The number of nitrogens with one attached hydrogen (secondary N) is 1. The SMILES string of the molecule is CC(C)OC[C@@H]1C[C@@H](NC(=O)CCCCCCC(=O)C(C)C)CN1C. The first kappa shape index (κ1) is 22.1. The molecule has 0 aliphatic carbocycles. The van der Waals surface area contributed by atoms with Crippen LogP contribution in [0.4, 0.5) is 0 Å². The first-order chi connectivity index (χ1) is 11.8. The van der Waals surface area contributed by atoms with Gasteiger partial charge in [0.1, 0.15) is 5.78 Å². The second-order valence-electron chi connectivity index (χ2n) is 8.01. The van der Waals surface area contributed by atoms with Gasteiger partial charge in [0, 0.05) is 37.4 Å². The highest BCUT2D eigenvalue weighted by molar-refractivity contribution is 5.80. The van der Waals surface area contributed by atoms with Crippen LogP contribution >= 0.6 is 0 Å². The van der Waals surface area contributed by atoms with E-state index in [0.29, 0.717) is 24.7 Å². The molecular formula is C20H38N2O3. The van der Waals surface area contributed by atoms with Crippen molar-refractivity contribution < 1.29 is 14.3 Å². The number of unbranched alkanes of at least 4 members (excludes halogenated alkanes) is 3. The summed E-state index contributed by atoms with van der Waals surface area (Å²) in [5.74, 6) is 0.645. The van der Waals surface area contributed by atoms with Crippen molar-refractivity contribution in [3.8, 4) is 0 Å². The molecule has 25 heavy (non-hydrogen) atoms. The number of Topliss-reactive ketones (excluding diaryl/α,β-unsaturated/α-hetero) is 1. The van der Waals surface area contributed by atoms with Crippen LogP contribution in [0.25, 0.3) is 0 Å². The van der Waals surface area contributed by atoms with Crippen LogP contribution < -0.4 is 5.32 Å². The van der Waals surface area contributed by atoms with Crippen molar-refractivity contribution in [2.45, 2.75) is 90.8 Å². The van der Waals surface area contributed by atoms with Crippen LogP contribution in [0.15, 0.2) is 0 Å². The van der Waals surface area contributed by atoms with Gasteiger partial charge in [-0.25, -0.2) is 0 Å². The quantitative estimate of drug-likeness (QED) is 0.547. The molecule has 1 saturated heterocycles. The Balaban J connectivity index is 2.09. The lowest BCUT2D eigenvalue weighted by molar-refractivity contribution is -0.122. The number of nitrogens with zero attached hydrogens (tertiary/aromatic N) is 1. The maximum Gasteiger partial charge on any atom is 0.220 e. The van der Waals surface area contributed by atoms with Crippen molar-refractivity contribution >= 4 is 11.7 Å². The maximum absolute atomic E-state index is 12.1. The summed E-state index contributed by atoms with van der Waals surface area (Å²) in [5.41, 5.74) is 0. The second kappa shape index (κ2) is 11.6. The van der Waals surface area contributed by atoms with E-state index in [1.54, 1.807) is 0 Å². The van der Waals surface area contributed by atoms with Gasteiger partial charge in [0.2, 0.25) is 5.91 Å². The van der Waals surface area contributed by atoms with E-state index in [2.05, 4.69) is 17.3 Å². The minimum absolute atomic E-state index is 0.144. The van der Waals surface area contributed by atoms with Gasteiger partial charge in [-0.2, -0.15) is 0 Å². The summed E-state index contributed by atoms with van der Waals surface area (Å²) in [7, 11) is 2.10. The van der Waals surface area contributed by atoms with Gasteiger partial charge in [0.05, 0.1) is 12.7 Å². The van der Waals surface area contributed by atoms with Gasteiger partial charge in [-0.15, -0.1) is 0 Å². The van der Waals surface area contributed by atoms with Crippen LogP contribution in [0.5, 0.6) is 0 Å². The third-order valence-corrected chi connectivity index (χ3v) is 4.90. The van der Waals surface area contributed by atoms with Gasteiger partial charge in [0.15, 0.2) is 0 Å². The lowest BCUT2D eigenvalue weighted by Crippen LogP contribution is -2.36. The number of hydrogen-bond acceptors (Lipinski definition) is 4. The van der Waals surface area contributed by atoms with Crippen LogP contribution in [0.2, 0.25) is 0 Å². The standard InChI is InChI=1S/C20H38N2O3/c1-15(2)19(23)10-8-6-7-9-11-20(24)21-17-12-18(22(5)13-17)14-25-16(3)4/h15-18H,6-14H2,1-5H3,(H,21,24)/t17-,18+/m1/s1. The van der Waals surface area contributed by atoms with Crippen LogP contribution in [0, 0.1) is 5.92 Å². The molecular weight excluding hydrogens is 316 g/mol. The molecule has 0 aromatic carbocycles. The Morgan fingerprint density at radius 1 is 1.08 bits per heavy atom. The molecule has 1 fully saturated rings. The number of amides is 1. The predicted molar refractivity (Wildman–Crippen MR) is 102 cm³/mol. The number of ketones is 1. The minimum atomic E-state index is 0.144. The van der Waals surface area contributed by atoms with Crippen LogP contribution in [-0.4, -0.2) is 55.0 Å². The average Bonchev–Trinajstić information content (AvgIpc) is 2.87. The summed E-state index contributed by atoms with van der Waals surface area (Å²) in [5, 5.41) is 3.16. The number of likely N-dealkylation sites (N-methyl/N-ethyl adjacent to an activating group) is 1. The van der Waals surface area contributed by atoms with Crippen molar-refractivity contribution in [1.82, 2.24) is 10.2 Å². The first-order valence-corrected chi connectivity index (χ1v) is 9.93. The fraction of sp³-hybridized carbons (Fsp3) is 0.900. The van der Waals surface area contributed by atoms with E-state index in [4.69, 9.17) is 4.74 Å². The number of carbonyl (C=O) groups is 2. The average molecular weight is 355 g/mol. The smallest absolute Gasteiger partial charge is 0.220 e. The van der Waals surface area contributed by atoms with E-state index in [-0.39, 0.29) is 24.0 Å². The Bertz CT molecular complexity index is 410. The van der Waals surface area contributed by atoms with Crippen LogP contribution in [-0.2, 0) is 14.3 Å². The minimum Gasteiger partial charge on any atom is -0.377 e. The van der Waals surface area contributed by atoms with Crippen molar-refractivity contribution in [2.24, 2.45) is 5.92 Å². The molecule has 0 aromatic rings. The van der Waals surface area contributed by atoms with Crippen molar-refractivity contribution in [2.75, 3.05) is 20.2 Å². The molecule has 0 aromatic heterocycles. The summed E-state index contributed by atoms with van der Waals surface area (Å²) in [6.07, 6.45) is 6.39. The topological polar surface area (TPSA) is 58.6 Å². The normalized spacial score (nSPS) is 21.2. The molecule has 2 atom stereocenters. The molecule has 0 saturated carbocycles. The fourth-order valence-electron chi connectivity index (χ4n) is 3.21. The second-order valence-corrected chi connectivity index (χ2v) is 8.01. The molecule has 0 unspecified atom stereocenters. The molecule has 1 N–H and O–H groups in total. The Labute approximate surface area is 153 Å². The third kappa shape index (κ3) is 9.36. The zero-order valence-electron chi connectivity index (χ0n) is 16.8. The van der Waals surface area contributed by atoms with Gasteiger partial charge in [0.25, 0.3) is 0 Å². The van der Waals surface area contributed by atoms with Crippen molar-refractivity contribution in [3.05, 3.63) is 0 Å². The monoisotopic (exact) mass is 354 g/mol. The third-order valence-electron chi connectivity index (χ3n) is 4.90. The zero-order valence-corrected chi connectivity index (χ0v) is 16.8. The molecule has 1 aliphatic rings. The van der Waals surface area contributed by atoms with E-state index < -0.39 is 0 Å². The fourth-order valence-corrected chi connectivity index (χ4v) is 3.21. The Morgan fingerprint density at radius 2 is 1.72 bits per heavy atom. The molecule has 5 nitrogen and oxygen atoms in total. The van der Waals surface area contributed by atoms with Crippen molar-refractivity contribution in [3.63, 3.8) is 0 Å². The number of carbonyl (C=O) groups excluding carboxylic acids is 2. The molecule has 0 bridgehead atoms. The summed E-state index contributed by atoms with van der Waals surface area (Å²) in [4.78, 5) is 25.9. The van der Waals surface area contributed by atoms with Gasteiger partial charge in [-0.3, -0.25) is 14.5 Å². The molecule has 1 rings (SSSR count). The molecule has 5 heteroatoms. The highest BCUT2D eigenvalue weighted by atomic mass is 16.5. The van der Waals surface area contributed by atoms with E-state index in [1.807, 2.05) is 27.7 Å². The van der Waals surface area contributed by atoms with E-state index in [1.165, 1.54) is 0 Å². The summed E-state index contributed by atoms with van der Waals surface area (Å²) in [6, 6.07) is 0.633. The van der Waals surface area contributed by atoms with Crippen molar-refractivity contribution in [1.29, 1.82) is 0 Å². The number of rotatable bonds is 12. The Kier molecular flexibility index (Phi) is 10.3. The molecule has 1 heterocycles. The summed E-state index contributed by atoms with van der Waals surface area (Å²) < 4.78 is 5.71. The lowest BCUT2D eigenvalue weighted by atomic mass is 10.0. The first-order valence-electron chi connectivity index (χ1n) is 9.93.